The minimum absolute atomic E-state index is 0.0118. The molecule has 0 aliphatic heterocycles. The average molecular weight is 436 g/mol. The van der Waals surface area contributed by atoms with Gasteiger partial charge in [-0.25, -0.2) is 0 Å². The van der Waals surface area contributed by atoms with Crippen LogP contribution in [0.2, 0.25) is 0 Å². The highest BCUT2D eigenvalue weighted by molar-refractivity contribution is 7.99. The quantitative estimate of drug-likeness (QED) is 0.256. The Kier molecular flexibility index (Phi) is 5.54. The van der Waals surface area contributed by atoms with E-state index in [0.717, 1.165) is 22.5 Å². The third kappa shape index (κ3) is 4.48. The van der Waals surface area contributed by atoms with Crippen LogP contribution in [0.25, 0.3) is 22.2 Å². The molecule has 0 saturated heterocycles. The van der Waals surface area contributed by atoms with Crippen molar-refractivity contribution < 1.29 is 19.2 Å². The molecule has 0 radical (unpaired) electrons. The standard InChI is InChI=1S/C21H16N4O5S/c1-12-6-7-15(25(28)29)10-17(12)22-19(27)11-31-21-24-23-20(30-21)16-8-13-4-2-3-5-14(13)9-18(16)26/h2-10,26H,11H2,1H3,(H,22,27). The van der Waals surface area contributed by atoms with E-state index in [1.54, 1.807) is 25.1 Å². The van der Waals surface area contributed by atoms with Gasteiger partial charge in [0.25, 0.3) is 16.8 Å². The van der Waals surface area contributed by atoms with E-state index in [4.69, 9.17) is 4.42 Å². The van der Waals surface area contributed by atoms with Gasteiger partial charge < -0.3 is 14.8 Å². The summed E-state index contributed by atoms with van der Waals surface area (Å²) in [6.07, 6.45) is 0. The summed E-state index contributed by atoms with van der Waals surface area (Å²) in [5, 5.41) is 33.7. The summed E-state index contributed by atoms with van der Waals surface area (Å²) >= 11 is 1.02. The Morgan fingerprint density at radius 1 is 1.16 bits per heavy atom. The molecule has 0 atom stereocenters. The van der Waals surface area contributed by atoms with E-state index in [1.807, 2.05) is 24.3 Å². The van der Waals surface area contributed by atoms with Gasteiger partial charge in [-0.2, -0.15) is 0 Å². The number of amides is 1. The van der Waals surface area contributed by atoms with Gasteiger partial charge in [-0.1, -0.05) is 42.1 Å². The van der Waals surface area contributed by atoms with E-state index < -0.39 is 4.92 Å². The van der Waals surface area contributed by atoms with Gasteiger partial charge in [0.2, 0.25) is 5.91 Å². The molecule has 1 amide bonds. The Morgan fingerprint density at radius 2 is 1.90 bits per heavy atom. The maximum atomic E-state index is 12.3. The smallest absolute Gasteiger partial charge is 0.277 e. The molecule has 0 aliphatic carbocycles. The number of aryl methyl sites for hydroxylation is 1. The Balaban J connectivity index is 1.44. The van der Waals surface area contributed by atoms with Crippen LogP contribution in [0.15, 0.2) is 64.2 Å². The zero-order valence-electron chi connectivity index (χ0n) is 16.2. The number of thioether (sulfide) groups is 1. The number of carbonyl (C=O) groups is 1. The third-order valence-electron chi connectivity index (χ3n) is 4.53. The molecule has 1 heterocycles. The first-order chi connectivity index (χ1) is 14.9. The van der Waals surface area contributed by atoms with Crippen molar-refractivity contribution in [2.45, 2.75) is 12.1 Å². The molecule has 0 aliphatic rings. The molecular weight excluding hydrogens is 420 g/mol. The normalized spacial score (nSPS) is 10.9. The highest BCUT2D eigenvalue weighted by Crippen LogP contribution is 2.33. The SMILES string of the molecule is Cc1ccc([N+](=O)[O-])cc1NC(=O)CSc1nnc(-c2cc3ccccc3cc2O)o1. The van der Waals surface area contributed by atoms with Crippen LogP contribution in [0.4, 0.5) is 11.4 Å². The van der Waals surface area contributed by atoms with Crippen molar-refractivity contribution in [3.8, 4) is 17.2 Å². The fourth-order valence-corrected chi connectivity index (χ4v) is 3.51. The third-order valence-corrected chi connectivity index (χ3v) is 5.35. The molecule has 10 heteroatoms. The number of benzene rings is 3. The first kappa shape index (κ1) is 20.4. The molecule has 0 fully saturated rings. The van der Waals surface area contributed by atoms with Crippen LogP contribution in [-0.2, 0) is 4.79 Å². The molecule has 1 aromatic heterocycles. The predicted molar refractivity (Wildman–Crippen MR) is 116 cm³/mol. The van der Waals surface area contributed by atoms with E-state index in [1.165, 1.54) is 12.1 Å². The Morgan fingerprint density at radius 3 is 2.65 bits per heavy atom. The number of anilines is 1. The molecular formula is C21H16N4O5S. The fourth-order valence-electron chi connectivity index (χ4n) is 2.95. The lowest BCUT2D eigenvalue weighted by molar-refractivity contribution is -0.384. The second-order valence-corrected chi connectivity index (χ2v) is 7.61. The van der Waals surface area contributed by atoms with E-state index in [9.17, 15) is 20.0 Å². The molecule has 156 valence electrons. The number of nitro groups is 1. The number of non-ortho nitro benzene ring substituents is 1. The number of aromatic nitrogens is 2. The second-order valence-electron chi connectivity index (χ2n) is 6.68. The highest BCUT2D eigenvalue weighted by atomic mass is 32.2. The Labute approximate surface area is 180 Å². The number of carbonyl (C=O) groups excluding carboxylic acids is 1. The lowest BCUT2D eigenvalue weighted by Crippen LogP contribution is -2.15. The van der Waals surface area contributed by atoms with Crippen molar-refractivity contribution in [3.05, 3.63) is 70.3 Å². The lowest BCUT2D eigenvalue weighted by atomic mass is 10.1. The average Bonchev–Trinajstić information content (AvgIpc) is 3.22. The predicted octanol–water partition coefficient (Wildman–Crippen LogP) is 4.54. The molecule has 3 aromatic carbocycles. The van der Waals surface area contributed by atoms with Crippen LogP contribution in [0.5, 0.6) is 5.75 Å². The van der Waals surface area contributed by atoms with Gasteiger partial charge in [0.15, 0.2) is 0 Å². The maximum Gasteiger partial charge on any atom is 0.277 e. The van der Waals surface area contributed by atoms with E-state index >= 15 is 0 Å². The number of hydrogen-bond donors (Lipinski definition) is 2. The summed E-state index contributed by atoms with van der Waals surface area (Å²) in [5.74, 6) is -0.256. The van der Waals surface area contributed by atoms with Crippen LogP contribution in [-0.4, -0.2) is 31.9 Å². The number of fused-ring (bicyclic) bond motifs is 1. The fraction of sp³-hybridized carbons (Fsp3) is 0.0952. The molecule has 0 bridgehead atoms. The van der Waals surface area contributed by atoms with Gasteiger partial charge >= 0.3 is 0 Å². The van der Waals surface area contributed by atoms with E-state index in [0.29, 0.717) is 16.8 Å². The zero-order valence-corrected chi connectivity index (χ0v) is 17.0. The minimum Gasteiger partial charge on any atom is -0.507 e. The largest absolute Gasteiger partial charge is 0.507 e. The molecule has 4 aromatic rings. The summed E-state index contributed by atoms with van der Waals surface area (Å²) in [5.41, 5.74) is 1.36. The summed E-state index contributed by atoms with van der Waals surface area (Å²) in [4.78, 5) is 22.7. The zero-order chi connectivity index (χ0) is 22.0. The van der Waals surface area contributed by atoms with Crippen molar-refractivity contribution >= 4 is 39.8 Å². The van der Waals surface area contributed by atoms with Crippen LogP contribution in [0.3, 0.4) is 0 Å². The summed E-state index contributed by atoms with van der Waals surface area (Å²) in [6.45, 7) is 1.74. The number of nitrogens with one attached hydrogen (secondary N) is 1. The van der Waals surface area contributed by atoms with Gasteiger partial charge in [-0.05, 0) is 35.4 Å². The molecule has 31 heavy (non-hydrogen) atoms. The number of nitro benzene ring substituents is 1. The molecule has 0 spiro atoms. The van der Waals surface area contributed by atoms with Gasteiger partial charge in [0, 0.05) is 12.1 Å². The Hall–Kier alpha value is -3.92. The molecule has 9 nitrogen and oxygen atoms in total. The van der Waals surface area contributed by atoms with Crippen molar-refractivity contribution in [1.29, 1.82) is 0 Å². The summed E-state index contributed by atoms with van der Waals surface area (Å²) < 4.78 is 5.59. The minimum atomic E-state index is -0.522. The van der Waals surface area contributed by atoms with Crippen LogP contribution >= 0.6 is 11.8 Å². The van der Waals surface area contributed by atoms with Gasteiger partial charge in [-0.15, -0.1) is 10.2 Å². The van der Waals surface area contributed by atoms with Gasteiger partial charge in [0.05, 0.1) is 21.9 Å². The first-order valence-electron chi connectivity index (χ1n) is 9.14. The number of hydrogen-bond acceptors (Lipinski definition) is 8. The van der Waals surface area contributed by atoms with Crippen molar-refractivity contribution in [1.82, 2.24) is 10.2 Å². The summed E-state index contributed by atoms with van der Waals surface area (Å²) in [6, 6.07) is 15.2. The number of nitrogens with zero attached hydrogens (tertiary/aromatic N) is 3. The van der Waals surface area contributed by atoms with Gasteiger partial charge in [-0.3, -0.25) is 14.9 Å². The molecule has 2 N–H and O–H groups in total. The van der Waals surface area contributed by atoms with Gasteiger partial charge in [0.1, 0.15) is 5.75 Å². The number of aromatic hydroxyl groups is 1. The van der Waals surface area contributed by atoms with Crippen LogP contribution < -0.4 is 5.32 Å². The van der Waals surface area contributed by atoms with Crippen LogP contribution in [0.1, 0.15) is 5.56 Å². The van der Waals surface area contributed by atoms with Crippen molar-refractivity contribution in [2.24, 2.45) is 0 Å². The maximum absolute atomic E-state index is 12.3. The van der Waals surface area contributed by atoms with Crippen molar-refractivity contribution in [3.63, 3.8) is 0 Å². The molecule has 4 rings (SSSR count). The Bertz CT molecular complexity index is 1300. The number of phenolic OH excluding ortho intramolecular Hbond substituents is 1. The van der Waals surface area contributed by atoms with Crippen LogP contribution in [0, 0.1) is 17.0 Å². The first-order valence-corrected chi connectivity index (χ1v) is 10.1. The van der Waals surface area contributed by atoms with E-state index in [2.05, 4.69) is 15.5 Å². The topological polar surface area (TPSA) is 131 Å². The monoisotopic (exact) mass is 436 g/mol. The van der Waals surface area contributed by atoms with E-state index in [-0.39, 0.29) is 34.2 Å². The second kappa shape index (κ2) is 8.44. The van der Waals surface area contributed by atoms with Crippen molar-refractivity contribution in [2.75, 3.05) is 11.1 Å². The highest BCUT2D eigenvalue weighted by Gasteiger charge is 2.16. The lowest BCUT2D eigenvalue weighted by Gasteiger charge is -2.07. The number of rotatable bonds is 6. The summed E-state index contributed by atoms with van der Waals surface area (Å²) in [7, 11) is 0. The molecule has 0 saturated carbocycles. The number of phenols is 1. The molecule has 0 unspecified atom stereocenters.